The highest BCUT2D eigenvalue weighted by Crippen LogP contribution is 2.28. The van der Waals surface area contributed by atoms with E-state index in [1.54, 1.807) is 0 Å². The fraction of sp³-hybridized carbons (Fsp3) is 0.571. The smallest absolute Gasteiger partial charge is 0.0508 e. The monoisotopic (exact) mass is 298 g/mol. The molecule has 0 saturated heterocycles. The van der Waals surface area contributed by atoms with Gasteiger partial charge in [-0.2, -0.15) is 0 Å². The molecule has 1 unspecified atom stereocenters. The number of rotatable bonds is 5. The minimum atomic E-state index is 0.0835. The zero-order chi connectivity index (χ0) is 13.0. The summed E-state index contributed by atoms with van der Waals surface area (Å²) in [5, 5.41) is 0. The second kappa shape index (κ2) is 6.41. The van der Waals surface area contributed by atoms with Crippen LogP contribution in [0.4, 0.5) is 5.69 Å². The molecule has 2 atom stereocenters. The van der Waals surface area contributed by atoms with Crippen LogP contribution < -0.4 is 10.6 Å². The van der Waals surface area contributed by atoms with Crippen LogP contribution in [0.1, 0.15) is 38.8 Å². The molecule has 2 nitrogen and oxygen atoms in total. The fourth-order valence-electron chi connectivity index (χ4n) is 1.81. The van der Waals surface area contributed by atoms with Gasteiger partial charge in [-0.25, -0.2) is 0 Å². The van der Waals surface area contributed by atoms with Crippen molar-refractivity contribution in [2.24, 2.45) is 11.7 Å². The molecule has 1 aromatic carbocycles. The Kier molecular flexibility index (Phi) is 5.47. The van der Waals surface area contributed by atoms with Gasteiger partial charge >= 0.3 is 0 Å². The molecule has 0 bridgehead atoms. The van der Waals surface area contributed by atoms with Gasteiger partial charge in [-0.1, -0.05) is 26.3 Å². The molecule has 0 heterocycles. The van der Waals surface area contributed by atoms with Gasteiger partial charge in [0.15, 0.2) is 0 Å². The van der Waals surface area contributed by atoms with Crippen molar-refractivity contribution in [1.82, 2.24) is 0 Å². The molecule has 0 aliphatic rings. The van der Waals surface area contributed by atoms with E-state index in [0.717, 1.165) is 16.6 Å². The zero-order valence-corrected chi connectivity index (χ0v) is 12.8. The number of nitrogens with zero attached hydrogens (tertiary/aromatic N) is 1. The van der Waals surface area contributed by atoms with Crippen molar-refractivity contribution in [1.29, 1.82) is 0 Å². The van der Waals surface area contributed by atoms with Crippen molar-refractivity contribution in [3.63, 3.8) is 0 Å². The van der Waals surface area contributed by atoms with Crippen LogP contribution in [0.3, 0.4) is 0 Å². The average molecular weight is 299 g/mol. The second-order valence-corrected chi connectivity index (χ2v) is 5.75. The summed E-state index contributed by atoms with van der Waals surface area (Å²) in [4.78, 5) is 2.29. The van der Waals surface area contributed by atoms with Gasteiger partial charge in [0.1, 0.15) is 0 Å². The van der Waals surface area contributed by atoms with Gasteiger partial charge in [0, 0.05) is 24.1 Å². The van der Waals surface area contributed by atoms with Crippen molar-refractivity contribution in [3.05, 3.63) is 28.2 Å². The van der Waals surface area contributed by atoms with E-state index in [1.165, 1.54) is 12.1 Å². The lowest BCUT2D eigenvalue weighted by Crippen LogP contribution is -2.24. The molecule has 0 aliphatic heterocycles. The first-order valence-electron chi connectivity index (χ1n) is 6.21. The maximum Gasteiger partial charge on any atom is 0.0508 e. The van der Waals surface area contributed by atoms with E-state index in [1.807, 2.05) is 6.92 Å². The highest BCUT2D eigenvalue weighted by Gasteiger charge is 2.10. The summed E-state index contributed by atoms with van der Waals surface area (Å²) in [6.07, 6.45) is 1.21. The Morgan fingerprint density at radius 2 is 2.00 bits per heavy atom. The van der Waals surface area contributed by atoms with Crippen LogP contribution in [0.15, 0.2) is 22.7 Å². The quantitative estimate of drug-likeness (QED) is 0.892. The normalized spacial score (nSPS) is 14.5. The van der Waals surface area contributed by atoms with Crippen molar-refractivity contribution < 1.29 is 0 Å². The standard InChI is InChI=1S/C14H23BrN2/c1-5-10(2)9-17(4)14-7-6-12(11(3)16)8-13(14)15/h6-8,10-11H,5,9,16H2,1-4H3/t10?,11-/m1/s1. The van der Waals surface area contributed by atoms with Gasteiger partial charge < -0.3 is 10.6 Å². The van der Waals surface area contributed by atoms with Crippen molar-refractivity contribution in [3.8, 4) is 0 Å². The summed E-state index contributed by atoms with van der Waals surface area (Å²) < 4.78 is 1.12. The molecular formula is C14H23BrN2. The van der Waals surface area contributed by atoms with E-state index in [9.17, 15) is 0 Å². The first-order valence-corrected chi connectivity index (χ1v) is 7.01. The third-order valence-corrected chi connectivity index (χ3v) is 3.83. The molecular weight excluding hydrogens is 276 g/mol. The van der Waals surface area contributed by atoms with Crippen molar-refractivity contribution in [2.45, 2.75) is 33.2 Å². The third kappa shape index (κ3) is 4.00. The van der Waals surface area contributed by atoms with Crippen molar-refractivity contribution >= 4 is 21.6 Å². The maximum atomic E-state index is 5.88. The summed E-state index contributed by atoms with van der Waals surface area (Å²) in [6.45, 7) is 7.59. The molecule has 0 aliphatic carbocycles. The Bertz CT molecular complexity index is 363. The third-order valence-electron chi connectivity index (χ3n) is 3.19. The molecule has 0 spiro atoms. The topological polar surface area (TPSA) is 29.3 Å². The van der Waals surface area contributed by atoms with Gasteiger partial charge in [0.2, 0.25) is 0 Å². The number of nitrogens with two attached hydrogens (primary N) is 1. The number of benzene rings is 1. The van der Waals surface area contributed by atoms with Gasteiger partial charge in [0.05, 0.1) is 5.69 Å². The first kappa shape index (κ1) is 14.5. The van der Waals surface area contributed by atoms with Gasteiger partial charge in [-0.15, -0.1) is 0 Å². The lowest BCUT2D eigenvalue weighted by Gasteiger charge is -2.24. The van der Waals surface area contributed by atoms with Crippen LogP contribution in [-0.4, -0.2) is 13.6 Å². The fourth-order valence-corrected chi connectivity index (χ4v) is 2.51. The largest absolute Gasteiger partial charge is 0.373 e. The molecule has 0 fully saturated rings. The molecule has 1 rings (SSSR count). The second-order valence-electron chi connectivity index (χ2n) is 4.89. The highest BCUT2D eigenvalue weighted by molar-refractivity contribution is 9.10. The maximum absolute atomic E-state index is 5.88. The lowest BCUT2D eigenvalue weighted by atomic mass is 10.1. The summed E-state index contributed by atoms with van der Waals surface area (Å²) >= 11 is 3.63. The predicted molar refractivity (Wildman–Crippen MR) is 79.5 cm³/mol. The molecule has 96 valence electrons. The molecule has 0 aromatic heterocycles. The van der Waals surface area contributed by atoms with Gasteiger partial charge in [-0.3, -0.25) is 0 Å². The summed E-state index contributed by atoms with van der Waals surface area (Å²) in [7, 11) is 2.14. The number of anilines is 1. The Balaban J connectivity index is 2.84. The van der Waals surface area contributed by atoms with E-state index < -0.39 is 0 Å². The van der Waals surface area contributed by atoms with E-state index in [0.29, 0.717) is 5.92 Å². The first-order chi connectivity index (χ1) is 7.95. The molecule has 2 N–H and O–H groups in total. The Labute approximate surface area is 113 Å². The minimum absolute atomic E-state index is 0.0835. The summed E-state index contributed by atoms with van der Waals surface area (Å²) in [5.41, 5.74) is 8.27. The summed E-state index contributed by atoms with van der Waals surface area (Å²) in [6, 6.07) is 6.45. The van der Waals surface area contributed by atoms with Gasteiger partial charge in [0.25, 0.3) is 0 Å². The lowest BCUT2D eigenvalue weighted by molar-refractivity contribution is 0.559. The number of halogens is 1. The van der Waals surface area contributed by atoms with Crippen LogP contribution in [0.25, 0.3) is 0 Å². The molecule has 0 saturated carbocycles. The van der Waals surface area contributed by atoms with Crippen molar-refractivity contribution in [2.75, 3.05) is 18.5 Å². The SMILES string of the molecule is CCC(C)CN(C)c1ccc([C@@H](C)N)cc1Br. The average Bonchev–Trinajstić information content (AvgIpc) is 2.28. The molecule has 0 amide bonds. The summed E-state index contributed by atoms with van der Waals surface area (Å²) in [5.74, 6) is 0.708. The Morgan fingerprint density at radius 1 is 1.35 bits per heavy atom. The predicted octanol–water partition coefficient (Wildman–Crippen LogP) is 3.95. The molecule has 3 heteroatoms. The van der Waals surface area contributed by atoms with E-state index >= 15 is 0 Å². The number of hydrogen-bond acceptors (Lipinski definition) is 2. The zero-order valence-electron chi connectivity index (χ0n) is 11.2. The highest BCUT2D eigenvalue weighted by atomic mass is 79.9. The molecule has 0 radical (unpaired) electrons. The number of hydrogen-bond donors (Lipinski definition) is 1. The van der Waals surface area contributed by atoms with Crippen LogP contribution in [0, 0.1) is 5.92 Å². The van der Waals surface area contributed by atoms with E-state index in [2.05, 4.69) is 59.9 Å². The Hall–Kier alpha value is -0.540. The van der Waals surface area contributed by atoms with Crippen LogP contribution in [0.2, 0.25) is 0 Å². The van der Waals surface area contributed by atoms with Crippen LogP contribution in [-0.2, 0) is 0 Å². The molecule has 1 aromatic rings. The van der Waals surface area contributed by atoms with Gasteiger partial charge in [-0.05, 0) is 46.5 Å². The van der Waals surface area contributed by atoms with Crippen LogP contribution in [0.5, 0.6) is 0 Å². The van der Waals surface area contributed by atoms with Crippen LogP contribution >= 0.6 is 15.9 Å². The van der Waals surface area contributed by atoms with E-state index in [4.69, 9.17) is 5.73 Å². The van der Waals surface area contributed by atoms with E-state index in [-0.39, 0.29) is 6.04 Å². The minimum Gasteiger partial charge on any atom is -0.373 e. The molecule has 17 heavy (non-hydrogen) atoms. The Morgan fingerprint density at radius 3 is 2.47 bits per heavy atom.